The number of carbonyl (C=O) groups is 3. The van der Waals surface area contributed by atoms with Crippen molar-refractivity contribution in [3.63, 3.8) is 0 Å². The largest absolute Gasteiger partial charge is 0.391 e. The zero-order chi connectivity index (χ0) is 24.9. The molecule has 0 heterocycles. The van der Waals surface area contributed by atoms with Gasteiger partial charge in [0.2, 0.25) is 11.8 Å². The summed E-state index contributed by atoms with van der Waals surface area (Å²) < 4.78 is 0. The van der Waals surface area contributed by atoms with Gasteiger partial charge < -0.3 is 20.6 Å². The van der Waals surface area contributed by atoms with Crippen LogP contribution in [0.25, 0.3) is 0 Å². The first kappa shape index (κ1) is 26.1. The number of carbonyl (C=O) groups excluding carboxylic acids is 3. The number of nitrogens with one attached hydrogen (secondary N) is 3. The monoisotopic (exact) mass is 462 g/mol. The van der Waals surface area contributed by atoms with E-state index in [0.29, 0.717) is 23.4 Å². The van der Waals surface area contributed by atoms with E-state index in [2.05, 4.69) is 34.3 Å². The highest BCUT2D eigenvalue weighted by Crippen LogP contribution is 2.08. The molecule has 2 aromatic rings. The predicted molar refractivity (Wildman–Crippen MR) is 127 cm³/mol. The van der Waals surface area contributed by atoms with Crippen LogP contribution in [-0.2, 0) is 9.59 Å². The molecule has 2 rings (SSSR count). The third-order valence-corrected chi connectivity index (χ3v) is 4.30. The number of aliphatic hydroxyl groups excluding tert-OH is 1. The maximum absolute atomic E-state index is 12.1. The fourth-order valence-corrected chi connectivity index (χ4v) is 2.68. The molecule has 0 aromatic heterocycles. The maximum atomic E-state index is 12.1. The van der Waals surface area contributed by atoms with Crippen molar-refractivity contribution in [1.82, 2.24) is 15.7 Å². The van der Waals surface area contributed by atoms with Crippen molar-refractivity contribution in [2.45, 2.75) is 12.5 Å². The number of likely N-dealkylation sites (N-methyl/N-ethyl adjacent to an activating group) is 1. The molecular weight excluding hydrogens is 436 g/mol. The Bertz CT molecular complexity index is 1120. The lowest BCUT2D eigenvalue weighted by Gasteiger charge is -2.10. The average Bonchev–Trinajstić information content (AvgIpc) is 2.81. The lowest BCUT2D eigenvalue weighted by Crippen LogP contribution is -2.35. The summed E-state index contributed by atoms with van der Waals surface area (Å²) in [6, 6.07) is 13.6. The zero-order valence-corrected chi connectivity index (χ0v) is 18.9. The lowest BCUT2D eigenvalue weighted by molar-refractivity contribution is -0.131. The van der Waals surface area contributed by atoms with Crippen LogP contribution >= 0.6 is 0 Å². The Morgan fingerprint density at radius 1 is 0.912 bits per heavy atom. The molecule has 0 radical (unpaired) electrons. The number of benzene rings is 2. The van der Waals surface area contributed by atoms with Crippen LogP contribution in [0.2, 0.25) is 0 Å². The van der Waals surface area contributed by atoms with Crippen LogP contribution in [0, 0.1) is 23.7 Å². The van der Waals surface area contributed by atoms with Gasteiger partial charge in [-0.15, -0.1) is 0 Å². The van der Waals surface area contributed by atoms with Crippen LogP contribution in [0.15, 0.2) is 48.5 Å². The summed E-state index contributed by atoms with van der Waals surface area (Å²) in [5, 5.41) is 23.4. The summed E-state index contributed by atoms with van der Waals surface area (Å²) in [5.74, 6) is 10.1. The Labute approximate surface area is 198 Å². The summed E-state index contributed by atoms with van der Waals surface area (Å²) in [6.07, 6.45) is -1.44. The van der Waals surface area contributed by atoms with Gasteiger partial charge in [-0.3, -0.25) is 19.6 Å². The summed E-state index contributed by atoms with van der Waals surface area (Å²) in [4.78, 5) is 36.6. The van der Waals surface area contributed by atoms with Gasteiger partial charge in [0.15, 0.2) is 0 Å². The van der Waals surface area contributed by atoms with E-state index >= 15 is 0 Å². The van der Waals surface area contributed by atoms with Gasteiger partial charge in [-0.25, -0.2) is 5.48 Å². The Morgan fingerprint density at radius 3 is 2.00 bits per heavy atom. The molecule has 2 aromatic carbocycles. The number of nitrogens with zero attached hydrogens (tertiary/aromatic N) is 1. The molecule has 0 bridgehead atoms. The molecule has 0 aliphatic heterocycles. The van der Waals surface area contributed by atoms with E-state index < -0.39 is 17.9 Å². The Morgan fingerprint density at radius 2 is 1.47 bits per heavy atom. The summed E-state index contributed by atoms with van der Waals surface area (Å²) in [6.45, 7) is 0.171. The van der Waals surface area contributed by atoms with E-state index in [1.807, 2.05) is 14.1 Å². The number of amides is 3. The third-order valence-electron chi connectivity index (χ3n) is 4.30. The lowest BCUT2D eigenvalue weighted by atomic mass is 10.1. The minimum absolute atomic E-state index is 0.0946. The molecule has 0 spiro atoms. The van der Waals surface area contributed by atoms with E-state index in [-0.39, 0.29) is 18.9 Å². The molecule has 9 heteroatoms. The van der Waals surface area contributed by atoms with Crippen LogP contribution in [-0.4, -0.2) is 66.2 Å². The molecule has 0 aliphatic carbocycles. The summed E-state index contributed by atoms with van der Waals surface area (Å²) >= 11 is 0. The maximum Gasteiger partial charge on any atom is 0.251 e. The van der Waals surface area contributed by atoms with Gasteiger partial charge in [0.05, 0.1) is 19.1 Å². The van der Waals surface area contributed by atoms with Crippen molar-refractivity contribution in [3.8, 4) is 23.7 Å². The summed E-state index contributed by atoms with van der Waals surface area (Å²) in [7, 11) is 3.65. The fraction of sp³-hybridized carbons (Fsp3) is 0.240. The molecule has 0 saturated heterocycles. The molecular formula is C25H26N4O5. The topological polar surface area (TPSA) is 131 Å². The Hall–Kier alpha value is -4.15. The Balaban J connectivity index is 1.87. The average molecular weight is 463 g/mol. The number of hydroxylamine groups is 1. The third kappa shape index (κ3) is 9.55. The normalized spacial score (nSPS) is 10.7. The molecule has 9 nitrogen and oxygen atoms in total. The number of aliphatic hydroxyl groups is 1. The first-order valence-electron chi connectivity index (χ1n) is 10.3. The van der Waals surface area contributed by atoms with E-state index in [1.54, 1.807) is 53.4 Å². The highest BCUT2D eigenvalue weighted by atomic mass is 16.5. The number of anilines is 1. The highest BCUT2D eigenvalue weighted by molar-refractivity contribution is 5.94. The van der Waals surface area contributed by atoms with Crippen molar-refractivity contribution in [3.05, 3.63) is 65.2 Å². The van der Waals surface area contributed by atoms with Crippen LogP contribution < -0.4 is 16.1 Å². The fourth-order valence-electron chi connectivity index (χ4n) is 2.68. The molecule has 176 valence electrons. The zero-order valence-electron chi connectivity index (χ0n) is 18.9. The van der Waals surface area contributed by atoms with E-state index in [9.17, 15) is 19.5 Å². The highest BCUT2D eigenvalue weighted by Gasteiger charge is 2.12. The first-order chi connectivity index (χ1) is 16.3. The Kier molecular flexibility index (Phi) is 10.3. The van der Waals surface area contributed by atoms with Crippen molar-refractivity contribution >= 4 is 23.4 Å². The predicted octanol–water partition coefficient (Wildman–Crippen LogP) is 0.576. The quantitative estimate of drug-likeness (QED) is 0.222. The second-order valence-corrected chi connectivity index (χ2v) is 7.54. The standard InChI is InChI=1S/C25H26N4O5/c1-29(2)17-24(32)27-21-13-9-19(10-14-21)6-4-3-5-18-7-11-20(12-8-18)25(33)26-16-22(30)15-23(31)28-34/h7-14,22,30,34H,15-17H2,1-2H3,(H,26,33)(H,27,32)(H,28,31). The first-order valence-corrected chi connectivity index (χ1v) is 10.3. The van der Waals surface area contributed by atoms with Crippen LogP contribution in [0.1, 0.15) is 27.9 Å². The van der Waals surface area contributed by atoms with Gasteiger partial charge in [-0.1, -0.05) is 11.8 Å². The van der Waals surface area contributed by atoms with Crippen LogP contribution in [0.4, 0.5) is 5.69 Å². The molecule has 34 heavy (non-hydrogen) atoms. The minimum atomic E-state index is -1.11. The number of hydrogen-bond acceptors (Lipinski definition) is 6. The smallest absolute Gasteiger partial charge is 0.251 e. The van der Waals surface area contributed by atoms with Gasteiger partial charge in [0.1, 0.15) is 0 Å². The van der Waals surface area contributed by atoms with Gasteiger partial charge in [0, 0.05) is 28.9 Å². The summed E-state index contributed by atoms with van der Waals surface area (Å²) in [5.41, 5.74) is 3.90. The van der Waals surface area contributed by atoms with E-state index in [4.69, 9.17) is 5.21 Å². The molecule has 1 atom stereocenters. The van der Waals surface area contributed by atoms with Gasteiger partial charge in [-0.2, -0.15) is 0 Å². The molecule has 3 amide bonds. The van der Waals surface area contributed by atoms with Crippen LogP contribution in [0.3, 0.4) is 0 Å². The van der Waals surface area contributed by atoms with Crippen LogP contribution in [0.5, 0.6) is 0 Å². The van der Waals surface area contributed by atoms with E-state index in [0.717, 1.165) is 5.56 Å². The number of rotatable bonds is 8. The second-order valence-electron chi connectivity index (χ2n) is 7.54. The van der Waals surface area contributed by atoms with Gasteiger partial charge >= 0.3 is 0 Å². The molecule has 1 unspecified atom stereocenters. The van der Waals surface area contributed by atoms with Crippen molar-refractivity contribution in [2.75, 3.05) is 32.5 Å². The van der Waals surface area contributed by atoms with Gasteiger partial charge in [0.25, 0.3) is 5.91 Å². The molecule has 0 fully saturated rings. The van der Waals surface area contributed by atoms with Crippen molar-refractivity contribution in [1.29, 1.82) is 0 Å². The van der Waals surface area contributed by atoms with Crippen molar-refractivity contribution in [2.24, 2.45) is 0 Å². The van der Waals surface area contributed by atoms with E-state index in [1.165, 1.54) is 5.48 Å². The minimum Gasteiger partial charge on any atom is -0.391 e. The second kappa shape index (κ2) is 13.4. The van der Waals surface area contributed by atoms with Crippen molar-refractivity contribution < 1.29 is 24.7 Å². The molecule has 0 saturated carbocycles. The number of hydrogen-bond donors (Lipinski definition) is 5. The van der Waals surface area contributed by atoms with Gasteiger partial charge in [-0.05, 0) is 74.5 Å². The molecule has 0 aliphatic rings. The molecule has 5 N–H and O–H groups in total. The SMILES string of the molecule is CN(C)CC(=O)Nc1ccc(C#CC#Cc2ccc(C(=O)NCC(O)CC(=O)NO)cc2)cc1.